The van der Waals surface area contributed by atoms with Crippen LogP contribution in [0.25, 0.3) is 32.9 Å². The lowest BCUT2D eigenvalue weighted by atomic mass is 9.97. The second-order valence-corrected chi connectivity index (χ2v) is 7.50. The zero-order valence-corrected chi connectivity index (χ0v) is 19.1. The minimum atomic E-state index is -0.833. The van der Waals surface area contributed by atoms with Crippen molar-refractivity contribution in [2.45, 2.75) is 33.6 Å². The second-order valence-electron chi connectivity index (χ2n) is 7.50. The Labute approximate surface area is 192 Å². The molecule has 0 radical (unpaired) electrons. The van der Waals surface area contributed by atoms with Gasteiger partial charge in [0.2, 0.25) is 5.75 Å². The lowest BCUT2D eigenvalue weighted by Gasteiger charge is -2.16. The summed E-state index contributed by atoms with van der Waals surface area (Å²) in [7, 11) is 0. The molecule has 0 aliphatic carbocycles. The summed E-state index contributed by atoms with van der Waals surface area (Å²) in [6.07, 6.45) is 1.62. The molecule has 33 heavy (non-hydrogen) atoms. The average Bonchev–Trinajstić information content (AvgIpc) is 2.80. The molecule has 3 aromatic carbocycles. The maximum Gasteiger partial charge on any atom is 0.383 e. The van der Waals surface area contributed by atoms with Crippen LogP contribution in [0.4, 0.5) is 0 Å². The standard InChI is InChI=1S/C25H24O4.C2H4O2/c1-3-14-27-23-22-20(19-13-12-17-8-5-6-9-18(17)16-19)10-7-11-21(22)29-25(26)24(23)28-15-4-2;1-2(3)4/h5-13,16H,3-4,14-15H2,1-2H3;1H3,(H,3,4). The maximum atomic E-state index is 12.6. The highest BCUT2D eigenvalue weighted by molar-refractivity contribution is 6.01. The Hall–Kier alpha value is -3.80. The van der Waals surface area contributed by atoms with E-state index in [-0.39, 0.29) is 5.75 Å². The van der Waals surface area contributed by atoms with Gasteiger partial charge in [-0.15, -0.1) is 0 Å². The van der Waals surface area contributed by atoms with Gasteiger partial charge in [0.15, 0.2) is 5.75 Å². The van der Waals surface area contributed by atoms with Crippen molar-refractivity contribution < 1.29 is 23.8 Å². The van der Waals surface area contributed by atoms with Gasteiger partial charge in [-0.25, -0.2) is 4.79 Å². The number of hydrogen-bond donors (Lipinski definition) is 1. The number of carboxylic acid groups (broad SMARTS) is 1. The van der Waals surface area contributed by atoms with Gasteiger partial charge in [-0.3, -0.25) is 4.79 Å². The lowest BCUT2D eigenvalue weighted by Crippen LogP contribution is -2.11. The van der Waals surface area contributed by atoms with Crippen LogP contribution in [0.2, 0.25) is 0 Å². The first-order chi connectivity index (χ1) is 16.0. The monoisotopic (exact) mass is 448 g/mol. The predicted octanol–water partition coefficient (Wildman–Crippen LogP) is 6.28. The minimum absolute atomic E-state index is 0.154. The summed E-state index contributed by atoms with van der Waals surface area (Å²) in [5, 5.41) is 10.5. The minimum Gasteiger partial charge on any atom is -0.489 e. The van der Waals surface area contributed by atoms with Crippen LogP contribution >= 0.6 is 0 Å². The highest BCUT2D eigenvalue weighted by Gasteiger charge is 2.21. The second kappa shape index (κ2) is 11.2. The molecule has 4 aromatic rings. The van der Waals surface area contributed by atoms with Crippen molar-refractivity contribution in [2.24, 2.45) is 0 Å². The van der Waals surface area contributed by atoms with Gasteiger partial charge < -0.3 is 19.0 Å². The Bertz CT molecular complexity index is 1300. The summed E-state index contributed by atoms with van der Waals surface area (Å²) in [6.45, 7) is 6.03. The third-order valence-corrected chi connectivity index (χ3v) is 4.81. The van der Waals surface area contributed by atoms with Crippen molar-refractivity contribution in [3.63, 3.8) is 0 Å². The molecule has 172 valence electrons. The largest absolute Gasteiger partial charge is 0.489 e. The quantitative estimate of drug-likeness (QED) is 0.335. The van der Waals surface area contributed by atoms with Gasteiger partial charge >= 0.3 is 5.63 Å². The van der Waals surface area contributed by atoms with Crippen LogP contribution in [0.3, 0.4) is 0 Å². The molecule has 4 rings (SSSR count). The molecule has 0 fully saturated rings. The molecule has 1 aromatic heterocycles. The lowest BCUT2D eigenvalue weighted by molar-refractivity contribution is -0.134. The van der Waals surface area contributed by atoms with Crippen LogP contribution in [-0.2, 0) is 4.79 Å². The van der Waals surface area contributed by atoms with E-state index in [0.717, 1.165) is 41.7 Å². The summed E-state index contributed by atoms with van der Waals surface area (Å²) in [5.74, 6) is -0.212. The highest BCUT2D eigenvalue weighted by atomic mass is 16.5. The van der Waals surface area contributed by atoms with Crippen molar-refractivity contribution in [2.75, 3.05) is 13.2 Å². The fourth-order valence-electron chi connectivity index (χ4n) is 3.47. The number of aliphatic carboxylic acids is 1. The molecular weight excluding hydrogens is 420 g/mol. The Balaban J connectivity index is 0.000000709. The molecule has 0 spiro atoms. The molecule has 0 bridgehead atoms. The fourth-order valence-corrected chi connectivity index (χ4v) is 3.47. The Morgan fingerprint density at radius 2 is 1.52 bits per heavy atom. The van der Waals surface area contributed by atoms with E-state index in [1.165, 1.54) is 5.39 Å². The Morgan fingerprint density at radius 1 is 0.879 bits per heavy atom. The Kier molecular flexibility index (Phi) is 8.08. The number of hydrogen-bond acceptors (Lipinski definition) is 5. The molecule has 0 unspecified atom stereocenters. The molecule has 0 atom stereocenters. The van der Waals surface area contributed by atoms with E-state index < -0.39 is 11.6 Å². The number of ether oxygens (including phenoxy) is 2. The smallest absolute Gasteiger partial charge is 0.383 e. The molecule has 6 heteroatoms. The normalized spacial score (nSPS) is 10.5. The first-order valence-electron chi connectivity index (χ1n) is 11.0. The van der Waals surface area contributed by atoms with Gasteiger partial charge in [0, 0.05) is 6.92 Å². The highest BCUT2D eigenvalue weighted by Crippen LogP contribution is 2.40. The first-order valence-corrected chi connectivity index (χ1v) is 11.0. The molecule has 0 aliphatic heterocycles. The average molecular weight is 449 g/mol. The summed E-state index contributed by atoms with van der Waals surface area (Å²) >= 11 is 0. The van der Waals surface area contributed by atoms with Crippen LogP contribution in [0, 0.1) is 0 Å². The van der Waals surface area contributed by atoms with E-state index in [1.807, 2.05) is 38.1 Å². The van der Waals surface area contributed by atoms with Crippen molar-refractivity contribution in [1.82, 2.24) is 0 Å². The van der Waals surface area contributed by atoms with Crippen LogP contribution in [-0.4, -0.2) is 24.3 Å². The summed E-state index contributed by atoms with van der Waals surface area (Å²) in [5.41, 5.74) is 1.97. The van der Waals surface area contributed by atoms with Gasteiger partial charge in [-0.05, 0) is 46.9 Å². The van der Waals surface area contributed by atoms with Crippen LogP contribution in [0.15, 0.2) is 69.9 Å². The van der Waals surface area contributed by atoms with Crippen LogP contribution in [0.5, 0.6) is 11.5 Å². The van der Waals surface area contributed by atoms with E-state index in [0.29, 0.717) is 24.5 Å². The summed E-state index contributed by atoms with van der Waals surface area (Å²) < 4.78 is 17.4. The third kappa shape index (κ3) is 5.71. The molecule has 1 N–H and O–H groups in total. The Morgan fingerprint density at radius 3 is 2.18 bits per heavy atom. The van der Waals surface area contributed by atoms with Crippen molar-refractivity contribution in [1.29, 1.82) is 0 Å². The number of carbonyl (C=O) groups is 1. The molecule has 0 aliphatic rings. The third-order valence-electron chi connectivity index (χ3n) is 4.81. The van der Waals surface area contributed by atoms with Crippen molar-refractivity contribution >= 4 is 27.7 Å². The van der Waals surface area contributed by atoms with Crippen LogP contribution < -0.4 is 15.1 Å². The molecule has 1 heterocycles. The summed E-state index contributed by atoms with van der Waals surface area (Å²) in [6, 6.07) is 20.3. The number of rotatable bonds is 7. The van der Waals surface area contributed by atoms with Gasteiger partial charge in [0.25, 0.3) is 5.97 Å². The SMILES string of the molecule is CC(=O)O.CCCOc1c(OCCC)c2c(-c3ccc4ccccc4c3)cccc2oc1=O. The van der Waals surface area contributed by atoms with Crippen molar-refractivity contribution in [3.8, 4) is 22.6 Å². The van der Waals surface area contributed by atoms with E-state index in [4.69, 9.17) is 23.8 Å². The number of fused-ring (bicyclic) bond motifs is 2. The number of benzene rings is 3. The van der Waals surface area contributed by atoms with Gasteiger partial charge in [0.05, 0.1) is 18.6 Å². The van der Waals surface area contributed by atoms with Crippen molar-refractivity contribution in [3.05, 3.63) is 71.1 Å². The molecular formula is C27H28O6. The van der Waals surface area contributed by atoms with Gasteiger partial charge in [-0.1, -0.05) is 62.4 Å². The molecule has 0 saturated carbocycles. The predicted molar refractivity (Wildman–Crippen MR) is 130 cm³/mol. The first kappa shape index (κ1) is 23.9. The van der Waals surface area contributed by atoms with Gasteiger partial charge in [0.1, 0.15) is 5.58 Å². The topological polar surface area (TPSA) is 86.0 Å². The fraction of sp³-hybridized carbons (Fsp3) is 0.259. The van der Waals surface area contributed by atoms with E-state index in [2.05, 4.69) is 30.3 Å². The maximum absolute atomic E-state index is 12.6. The van der Waals surface area contributed by atoms with E-state index >= 15 is 0 Å². The zero-order chi connectivity index (χ0) is 23.8. The molecule has 0 amide bonds. The number of carboxylic acids is 1. The molecule has 6 nitrogen and oxygen atoms in total. The van der Waals surface area contributed by atoms with Gasteiger partial charge in [-0.2, -0.15) is 0 Å². The van der Waals surface area contributed by atoms with E-state index in [1.54, 1.807) is 6.07 Å². The molecule has 0 saturated heterocycles. The van der Waals surface area contributed by atoms with E-state index in [9.17, 15) is 4.79 Å². The summed E-state index contributed by atoms with van der Waals surface area (Å²) in [4.78, 5) is 21.6. The zero-order valence-electron chi connectivity index (χ0n) is 19.1. The van der Waals surface area contributed by atoms with Crippen LogP contribution in [0.1, 0.15) is 33.6 Å².